The van der Waals surface area contributed by atoms with Crippen molar-refractivity contribution >= 4 is 22.4 Å². The standard InChI is InChI=1S/C21H36O3Si2/c1-20(2,3)25(7,8)23-18-13-15-11-12-17(22)16(15)14-19(18)24-26(9,10)21(4,5)6/h13-14H,11-12H2,1-10H3. The summed E-state index contributed by atoms with van der Waals surface area (Å²) in [5.41, 5.74) is 1.92. The minimum atomic E-state index is -2.03. The highest BCUT2D eigenvalue weighted by Gasteiger charge is 2.42. The molecule has 0 atom stereocenters. The normalized spacial score (nSPS) is 15.8. The number of hydrogen-bond acceptors (Lipinski definition) is 3. The molecule has 1 aromatic carbocycles. The van der Waals surface area contributed by atoms with Gasteiger partial charge in [-0.2, -0.15) is 0 Å². The van der Waals surface area contributed by atoms with Crippen LogP contribution in [0.15, 0.2) is 12.1 Å². The number of carbonyl (C=O) groups excluding carboxylic acids is 1. The molecule has 0 bridgehead atoms. The minimum absolute atomic E-state index is 0.0876. The van der Waals surface area contributed by atoms with E-state index in [1.807, 2.05) is 6.07 Å². The van der Waals surface area contributed by atoms with Crippen LogP contribution in [0.3, 0.4) is 0 Å². The van der Waals surface area contributed by atoms with Gasteiger partial charge in [0, 0.05) is 12.0 Å². The molecule has 0 N–H and O–H groups in total. The number of carbonyl (C=O) groups is 1. The van der Waals surface area contributed by atoms with Gasteiger partial charge >= 0.3 is 0 Å². The van der Waals surface area contributed by atoms with Crippen LogP contribution in [-0.4, -0.2) is 22.4 Å². The zero-order chi connectivity index (χ0) is 20.1. The molecule has 0 saturated heterocycles. The topological polar surface area (TPSA) is 35.5 Å². The lowest BCUT2D eigenvalue weighted by atomic mass is 10.1. The van der Waals surface area contributed by atoms with Gasteiger partial charge in [-0.1, -0.05) is 41.5 Å². The molecule has 0 aromatic heterocycles. The number of Topliss-reactive ketones (excluding diaryl/α,β-unsaturated/α-hetero) is 1. The molecule has 0 fully saturated rings. The Morgan fingerprint density at radius 1 is 0.769 bits per heavy atom. The van der Waals surface area contributed by atoms with Gasteiger partial charge in [0.1, 0.15) is 11.5 Å². The summed E-state index contributed by atoms with van der Waals surface area (Å²) in [6.45, 7) is 22.4. The molecule has 0 heterocycles. The molecule has 1 aliphatic carbocycles. The fraction of sp³-hybridized carbons (Fsp3) is 0.667. The second kappa shape index (κ2) is 6.52. The van der Waals surface area contributed by atoms with Gasteiger partial charge in [0.05, 0.1) is 0 Å². The van der Waals surface area contributed by atoms with E-state index in [0.29, 0.717) is 6.42 Å². The van der Waals surface area contributed by atoms with Crippen LogP contribution in [0.2, 0.25) is 36.3 Å². The van der Waals surface area contributed by atoms with E-state index >= 15 is 0 Å². The lowest BCUT2D eigenvalue weighted by molar-refractivity contribution is 0.0994. The van der Waals surface area contributed by atoms with Crippen molar-refractivity contribution < 1.29 is 13.6 Å². The molecular weight excluding hydrogens is 356 g/mol. The number of rotatable bonds is 4. The van der Waals surface area contributed by atoms with Crippen LogP contribution in [0, 0.1) is 0 Å². The van der Waals surface area contributed by atoms with Gasteiger partial charge in [-0.05, 0) is 60.4 Å². The van der Waals surface area contributed by atoms with Gasteiger partial charge in [-0.3, -0.25) is 4.79 Å². The molecule has 3 nitrogen and oxygen atoms in total. The molecule has 0 amide bonds. The van der Waals surface area contributed by atoms with Crippen molar-refractivity contribution in [1.29, 1.82) is 0 Å². The molecule has 0 saturated carbocycles. The Hall–Kier alpha value is -1.08. The van der Waals surface area contributed by atoms with E-state index in [0.717, 1.165) is 29.0 Å². The van der Waals surface area contributed by atoms with Gasteiger partial charge in [0.15, 0.2) is 5.78 Å². The van der Waals surface area contributed by atoms with E-state index in [-0.39, 0.29) is 15.9 Å². The molecule has 146 valence electrons. The summed E-state index contributed by atoms with van der Waals surface area (Å²) in [6, 6.07) is 4.02. The highest BCUT2D eigenvalue weighted by molar-refractivity contribution is 6.75. The van der Waals surface area contributed by atoms with Gasteiger partial charge in [-0.15, -0.1) is 0 Å². The molecule has 26 heavy (non-hydrogen) atoms. The smallest absolute Gasteiger partial charge is 0.250 e. The fourth-order valence-corrected chi connectivity index (χ4v) is 4.50. The summed E-state index contributed by atoms with van der Waals surface area (Å²) in [6.07, 6.45) is 1.40. The van der Waals surface area contributed by atoms with E-state index in [9.17, 15) is 4.79 Å². The summed E-state index contributed by atoms with van der Waals surface area (Å²) in [4.78, 5) is 12.3. The molecule has 0 aliphatic heterocycles. The van der Waals surface area contributed by atoms with Crippen LogP contribution in [0.25, 0.3) is 0 Å². The highest BCUT2D eigenvalue weighted by atomic mass is 28.4. The Labute approximate surface area is 161 Å². The molecular formula is C21H36O3Si2. The quantitative estimate of drug-likeness (QED) is 0.543. The Morgan fingerprint density at radius 2 is 1.19 bits per heavy atom. The monoisotopic (exact) mass is 392 g/mol. The second-order valence-corrected chi connectivity index (χ2v) is 20.1. The van der Waals surface area contributed by atoms with Crippen LogP contribution >= 0.6 is 0 Å². The fourth-order valence-electron chi connectivity index (χ4n) is 2.47. The third-order valence-corrected chi connectivity index (χ3v) is 15.1. The first-order chi connectivity index (χ1) is 11.6. The van der Waals surface area contributed by atoms with Gasteiger partial charge < -0.3 is 8.85 Å². The maximum atomic E-state index is 12.3. The van der Waals surface area contributed by atoms with Gasteiger partial charge in [-0.25, -0.2) is 0 Å². The van der Waals surface area contributed by atoms with Crippen molar-refractivity contribution in [2.75, 3.05) is 0 Å². The van der Waals surface area contributed by atoms with Crippen molar-refractivity contribution in [3.05, 3.63) is 23.3 Å². The molecule has 2 rings (SSSR count). The summed E-state index contributed by atoms with van der Waals surface area (Å²) < 4.78 is 13.3. The summed E-state index contributed by atoms with van der Waals surface area (Å²) in [7, 11) is -4.03. The number of ketones is 1. The van der Waals surface area contributed by atoms with Crippen LogP contribution in [0.1, 0.15) is 63.9 Å². The number of aryl methyl sites for hydroxylation is 1. The van der Waals surface area contributed by atoms with Crippen LogP contribution in [-0.2, 0) is 6.42 Å². The number of fused-ring (bicyclic) bond motifs is 1. The van der Waals surface area contributed by atoms with Crippen LogP contribution < -0.4 is 8.85 Å². The molecule has 0 spiro atoms. The van der Waals surface area contributed by atoms with E-state index in [1.165, 1.54) is 0 Å². The van der Waals surface area contributed by atoms with Crippen molar-refractivity contribution in [2.24, 2.45) is 0 Å². The van der Waals surface area contributed by atoms with Crippen molar-refractivity contribution in [1.82, 2.24) is 0 Å². The highest BCUT2D eigenvalue weighted by Crippen LogP contribution is 2.45. The van der Waals surface area contributed by atoms with Crippen molar-refractivity contribution in [3.63, 3.8) is 0 Å². The third kappa shape index (κ3) is 4.09. The maximum Gasteiger partial charge on any atom is 0.250 e. The number of hydrogen-bond donors (Lipinski definition) is 0. The lowest BCUT2D eigenvalue weighted by Gasteiger charge is -2.40. The van der Waals surface area contributed by atoms with Crippen LogP contribution in [0.5, 0.6) is 11.5 Å². The number of benzene rings is 1. The average Bonchev–Trinajstić information content (AvgIpc) is 2.77. The summed E-state index contributed by atoms with van der Waals surface area (Å²) >= 11 is 0. The molecule has 0 radical (unpaired) electrons. The van der Waals surface area contributed by atoms with E-state index in [2.05, 4.69) is 73.8 Å². The van der Waals surface area contributed by atoms with Gasteiger partial charge in [0.2, 0.25) is 0 Å². The van der Waals surface area contributed by atoms with E-state index < -0.39 is 16.6 Å². The Morgan fingerprint density at radius 3 is 1.62 bits per heavy atom. The second-order valence-electron chi connectivity index (χ2n) is 10.6. The minimum Gasteiger partial charge on any atom is -0.541 e. The Balaban J connectivity index is 2.52. The first-order valence-corrected chi connectivity index (χ1v) is 15.4. The first kappa shape index (κ1) is 21.2. The van der Waals surface area contributed by atoms with E-state index in [4.69, 9.17) is 8.85 Å². The average molecular weight is 393 g/mol. The van der Waals surface area contributed by atoms with Crippen molar-refractivity contribution in [2.45, 2.75) is 90.6 Å². The maximum absolute atomic E-state index is 12.3. The summed E-state index contributed by atoms with van der Waals surface area (Å²) in [5, 5.41) is 0.195. The predicted octanol–water partition coefficient (Wildman–Crippen LogP) is 6.58. The third-order valence-electron chi connectivity index (χ3n) is 6.43. The van der Waals surface area contributed by atoms with Crippen molar-refractivity contribution in [3.8, 4) is 11.5 Å². The predicted molar refractivity (Wildman–Crippen MR) is 115 cm³/mol. The molecule has 5 heteroatoms. The molecule has 1 aromatic rings. The molecule has 1 aliphatic rings. The molecule has 0 unspecified atom stereocenters. The zero-order valence-corrected chi connectivity index (χ0v) is 20.3. The Bertz CT molecular complexity index is 707. The van der Waals surface area contributed by atoms with E-state index in [1.54, 1.807) is 0 Å². The first-order valence-electron chi connectivity index (χ1n) is 9.63. The largest absolute Gasteiger partial charge is 0.541 e. The Kier molecular flexibility index (Phi) is 5.32. The summed E-state index contributed by atoms with van der Waals surface area (Å²) in [5.74, 6) is 1.81. The lowest BCUT2D eigenvalue weighted by Crippen LogP contribution is -2.45. The SMILES string of the molecule is CC(C)(C)[Si](C)(C)Oc1cc2c(cc1O[Si](C)(C)C(C)(C)C)C(=O)CC2. The van der Waals surface area contributed by atoms with Crippen LogP contribution in [0.4, 0.5) is 0 Å². The van der Waals surface area contributed by atoms with Gasteiger partial charge in [0.25, 0.3) is 16.6 Å². The zero-order valence-electron chi connectivity index (χ0n) is 18.3.